The Bertz CT molecular complexity index is 462. The van der Waals surface area contributed by atoms with Gasteiger partial charge >= 0.3 is 0 Å². The Morgan fingerprint density at radius 2 is 2.05 bits per heavy atom. The Kier molecular flexibility index (Phi) is 5.73. The maximum atomic E-state index is 9.98. The van der Waals surface area contributed by atoms with Gasteiger partial charge in [-0.3, -0.25) is 4.68 Å². The number of rotatable bonds is 6. The van der Waals surface area contributed by atoms with Crippen LogP contribution in [0, 0.1) is 18.3 Å². The molecular formula is C17H29ClN2O. The predicted molar refractivity (Wildman–Crippen MR) is 87.7 cm³/mol. The summed E-state index contributed by atoms with van der Waals surface area (Å²) in [6, 6.07) is 0. The van der Waals surface area contributed by atoms with Crippen molar-refractivity contribution >= 4 is 11.6 Å². The Morgan fingerprint density at radius 3 is 2.52 bits per heavy atom. The molecule has 0 aromatic carbocycles. The zero-order valence-corrected chi connectivity index (χ0v) is 14.4. The molecule has 0 radical (unpaired) electrons. The molecule has 4 heteroatoms. The van der Waals surface area contributed by atoms with Crippen molar-refractivity contribution in [1.29, 1.82) is 0 Å². The van der Waals surface area contributed by atoms with E-state index in [1.165, 1.54) is 32.1 Å². The molecule has 1 heterocycles. The molecule has 1 fully saturated rings. The van der Waals surface area contributed by atoms with Crippen LogP contribution in [0.4, 0.5) is 0 Å². The highest BCUT2D eigenvalue weighted by atomic mass is 35.5. The van der Waals surface area contributed by atoms with Crippen LogP contribution in [-0.2, 0) is 13.5 Å². The van der Waals surface area contributed by atoms with Gasteiger partial charge in [0.25, 0.3) is 0 Å². The minimum Gasteiger partial charge on any atom is -0.396 e. The fraction of sp³-hybridized carbons (Fsp3) is 0.824. The van der Waals surface area contributed by atoms with Crippen LogP contribution in [-0.4, -0.2) is 21.5 Å². The summed E-state index contributed by atoms with van der Waals surface area (Å²) in [7, 11) is 1.95. The van der Waals surface area contributed by atoms with E-state index in [1.54, 1.807) is 0 Å². The SMILES string of the molecule is CCCCC1CCC(CO)(Cc2c(Cl)c(C)nn2C)CC1. The van der Waals surface area contributed by atoms with Crippen molar-refractivity contribution in [2.24, 2.45) is 18.4 Å². The highest BCUT2D eigenvalue weighted by Crippen LogP contribution is 2.43. The standard InChI is InChI=1S/C17H29ClN2O/c1-4-5-6-14-7-9-17(12-21,10-8-14)11-15-16(18)13(2)19-20(15)3/h14,21H,4-12H2,1-3H3. The lowest BCUT2D eigenvalue weighted by Gasteiger charge is -2.39. The first-order valence-corrected chi connectivity index (χ1v) is 8.68. The third-order valence-electron chi connectivity index (χ3n) is 5.27. The molecule has 0 atom stereocenters. The molecule has 1 aliphatic carbocycles. The van der Waals surface area contributed by atoms with Crippen molar-refractivity contribution < 1.29 is 5.11 Å². The summed E-state index contributed by atoms with van der Waals surface area (Å²) in [4.78, 5) is 0. The van der Waals surface area contributed by atoms with Gasteiger partial charge in [0.15, 0.2) is 0 Å². The fourth-order valence-corrected chi connectivity index (χ4v) is 3.92. The summed E-state index contributed by atoms with van der Waals surface area (Å²) in [6.07, 6.45) is 9.53. The number of aliphatic hydroxyl groups excluding tert-OH is 1. The summed E-state index contributed by atoms with van der Waals surface area (Å²) in [5, 5.41) is 15.2. The van der Waals surface area contributed by atoms with Crippen LogP contribution < -0.4 is 0 Å². The van der Waals surface area contributed by atoms with Crippen LogP contribution in [0.3, 0.4) is 0 Å². The number of halogens is 1. The lowest BCUT2D eigenvalue weighted by atomic mass is 9.67. The van der Waals surface area contributed by atoms with Gasteiger partial charge in [0.2, 0.25) is 0 Å². The first-order chi connectivity index (χ1) is 10.0. The molecule has 1 aliphatic rings. The molecule has 0 bridgehead atoms. The van der Waals surface area contributed by atoms with Crippen molar-refractivity contribution in [3.63, 3.8) is 0 Å². The molecule has 2 rings (SSSR count). The van der Waals surface area contributed by atoms with E-state index in [2.05, 4.69) is 12.0 Å². The Labute approximate surface area is 133 Å². The van der Waals surface area contributed by atoms with Crippen molar-refractivity contribution in [1.82, 2.24) is 9.78 Å². The van der Waals surface area contributed by atoms with E-state index >= 15 is 0 Å². The average molecular weight is 313 g/mol. The van der Waals surface area contributed by atoms with Crippen molar-refractivity contribution in [2.75, 3.05) is 6.61 Å². The second-order valence-corrected chi connectivity index (χ2v) is 7.27. The predicted octanol–water partition coefficient (Wildman–Crippen LogP) is 4.28. The summed E-state index contributed by atoms with van der Waals surface area (Å²) in [6.45, 7) is 4.46. The van der Waals surface area contributed by atoms with Gasteiger partial charge in [-0.2, -0.15) is 5.10 Å². The topological polar surface area (TPSA) is 38.1 Å². The highest BCUT2D eigenvalue weighted by Gasteiger charge is 2.36. The van der Waals surface area contributed by atoms with Crippen molar-refractivity contribution in [3.8, 4) is 0 Å². The number of aryl methyl sites for hydroxylation is 2. The van der Waals surface area contributed by atoms with Crippen LogP contribution in [0.2, 0.25) is 5.02 Å². The third-order valence-corrected chi connectivity index (χ3v) is 5.76. The monoisotopic (exact) mass is 312 g/mol. The molecule has 21 heavy (non-hydrogen) atoms. The average Bonchev–Trinajstić information content (AvgIpc) is 2.73. The first-order valence-electron chi connectivity index (χ1n) is 8.30. The van der Waals surface area contributed by atoms with Crippen LogP contribution >= 0.6 is 11.6 Å². The quantitative estimate of drug-likeness (QED) is 0.851. The number of aliphatic hydroxyl groups is 1. The van der Waals surface area contributed by atoms with Gasteiger partial charge in [0, 0.05) is 13.7 Å². The number of hydrogen-bond donors (Lipinski definition) is 1. The number of hydrogen-bond acceptors (Lipinski definition) is 2. The highest BCUT2D eigenvalue weighted by molar-refractivity contribution is 6.31. The normalized spacial score (nSPS) is 26.2. The summed E-state index contributed by atoms with van der Waals surface area (Å²) >= 11 is 6.38. The van der Waals surface area contributed by atoms with Gasteiger partial charge in [0.1, 0.15) is 0 Å². The zero-order chi connectivity index (χ0) is 15.5. The van der Waals surface area contributed by atoms with Crippen LogP contribution in [0.25, 0.3) is 0 Å². The summed E-state index contributed by atoms with van der Waals surface area (Å²) in [5.41, 5.74) is 1.97. The maximum Gasteiger partial charge on any atom is 0.0847 e. The largest absolute Gasteiger partial charge is 0.396 e. The maximum absolute atomic E-state index is 9.98. The molecule has 0 spiro atoms. The summed E-state index contributed by atoms with van der Waals surface area (Å²) in [5.74, 6) is 0.855. The van der Waals surface area contributed by atoms with Gasteiger partial charge in [-0.15, -0.1) is 0 Å². The van der Waals surface area contributed by atoms with E-state index in [1.807, 2.05) is 18.7 Å². The fourth-order valence-electron chi connectivity index (χ4n) is 3.69. The van der Waals surface area contributed by atoms with Gasteiger partial charge in [-0.1, -0.05) is 37.8 Å². The molecule has 1 aromatic heterocycles. The van der Waals surface area contributed by atoms with Crippen LogP contribution in [0.5, 0.6) is 0 Å². The van der Waals surface area contributed by atoms with Gasteiger partial charge in [-0.05, 0) is 50.4 Å². The number of aromatic nitrogens is 2. The number of unbranched alkanes of at least 4 members (excludes halogenated alkanes) is 1. The lowest BCUT2D eigenvalue weighted by Crippen LogP contribution is -2.34. The molecule has 0 saturated heterocycles. The van der Waals surface area contributed by atoms with E-state index in [4.69, 9.17) is 11.6 Å². The van der Waals surface area contributed by atoms with Gasteiger partial charge < -0.3 is 5.11 Å². The molecule has 120 valence electrons. The van der Waals surface area contributed by atoms with E-state index < -0.39 is 0 Å². The minimum absolute atomic E-state index is 0.00654. The van der Waals surface area contributed by atoms with E-state index in [9.17, 15) is 5.11 Å². The molecule has 1 aromatic rings. The molecular weight excluding hydrogens is 284 g/mol. The van der Waals surface area contributed by atoms with Crippen molar-refractivity contribution in [3.05, 3.63) is 16.4 Å². The van der Waals surface area contributed by atoms with Gasteiger partial charge in [-0.25, -0.2) is 0 Å². The Morgan fingerprint density at radius 1 is 1.38 bits per heavy atom. The van der Waals surface area contributed by atoms with E-state index in [0.717, 1.165) is 41.6 Å². The zero-order valence-electron chi connectivity index (χ0n) is 13.7. The van der Waals surface area contributed by atoms with Crippen molar-refractivity contribution in [2.45, 2.75) is 65.2 Å². The molecule has 3 nitrogen and oxygen atoms in total. The van der Waals surface area contributed by atoms with E-state index in [0.29, 0.717) is 0 Å². The minimum atomic E-state index is 0.00654. The van der Waals surface area contributed by atoms with Crippen LogP contribution in [0.1, 0.15) is 63.3 Å². The number of nitrogens with zero attached hydrogens (tertiary/aromatic N) is 2. The smallest absolute Gasteiger partial charge is 0.0847 e. The molecule has 0 amide bonds. The Hall–Kier alpha value is -0.540. The second kappa shape index (κ2) is 7.15. The third kappa shape index (κ3) is 3.81. The van der Waals surface area contributed by atoms with E-state index in [-0.39, 0.29) is 12.0 Å². The Balaban J connectivity index is 2.03. The van der Waals surface area contributed by atoms with Gasteiger partial charge in [0.05, 0.1) is 16.4 Å². The molecule has 0 aliphatic heterocycles. The summed E-state index contributed by atoms with van der Waals surface area (Å²) < 4.78 is 1.89. The lowest BCUT2D eigenvalue weighted by molar-refractivity contribution is 0.0604. The molecule has 1 N–H and O–H groups in total. The van der Waals surface area contributed by atoms with Crippen LogP contribution in [0.15, 0.2) is 0 Å². The molecule has 0 unspecified atom stereocenters. The second-order valence-electron chi connectivity index (χ2n) is 6.89. The first kappa shape index (κ1) is 16.8. The molecule has 1 saturated carbocycles.